The van der Waals surface area contributed by atoms with Crippen LogP contribution in [0.15, 0.2) is 48.5 Å². The summed E-state index contributed by atoms with van der Waals surface area (Å²) in [6.45, 7) is 3.21. The highest BCUT2D eigenvalue weighted by atomic mass is 16.5. The highest BCUT2D eigenvalue weighted by molar-refractivity contribution is 5.77. The summed E-state index contributed by atoms with van der Waals surface area (Å²) in [5, 5.41) is 0. The van der Waals surface area contributed by atoms with Crippen LogP contribution in [0.3, 0.4) is 0 Å². The van der Waals surface area contributed by atoms with Gasteiger partial charge in [-0.3, -0.25) is 4.79 Å². The van der Waals surface area contributed by atoms with Gasteiger partial charge in [-0.15, -0.1) is 0 Å². The SMILES string of the molecule is COc1ccccc1CCC(=O)N1CCOc2ccccc2C1C. The van der Waals surface area contributed by atoms with Gasteiger partial charge in [0.05, 0.1) is 19.7 Å². The molecule has 0 saturated carbocycles. The average Bonchev–Trinajstić information content (AvgIpc) is 2.79. The highest BCUT2D eigenvalue weighted by Crippen LogP contribution is 2.32. The van der Waals surface area contributed by atoms with Crippen LogP contribution < -0.4 is 9.47 Å². The molecule has 3 rings (SSSR count). The first-order valence-corrected chi connectivity index (χ1v) is 8.34. The third-order valence-corrected chi connectivity index (χ3v) is 4.55. The summed E-state index contributed by atoms with van der Waals surface area (Å²) in [6.07, 6.45) is 1.14. The number of hydrogen-bond donors (Lipinski definition) is 0. The van der Waals surface area contributed by atoms with Crippen LogP contribution in [0.2, 0.25) is 0 Å². The fraction of sp³-hybridized carbons (Fsp3) is 0.350. The zero-order valence-electron chi connectivity index (χ0n) is 14.2. The zero-order valence-corrected chi connectivity index (χ0v) is 14.2. The minimum Gasteiger partial charge on any atom is -0.496 e. The summed E-state index contributed by atoms with van der Waals surface area (Å²) in [4.78, 5) is 14.7. The second-order valence-electron chi connectivity index (χ2n) is 5.96. The number of amides is 1. The summed E-state index contributed by atoms with van der Waals surface area (Å²) < 4.78 is 11.2. The first kappa shape index (κ1) is 16.4. The number of carbonyl (C=O) groups is 1. The fourth-order valence-corrected chi connectivity index (χ4v) is 3.21. The van der Waals surface area contributed by atoms with E-state index < -0.39 is 0 Å². The van der Waals surface area contributed by atoms with Crippen molar-refractivity contribution in [3.05, 3.63) is 59.7 Å². The Bertz CT molecular complexity index is 714. The Kier molecular flexibility index (Phi) is 5.04. The van der Waals surface area contributed by atoms with Crippen LogP contribution in [0.4, 0.5) is 0 Å². The van der Waals surface area contributed by atoms with Crippen LogP contribution in [0.5, 0.6) is 11.5 Å². The van der Waals surface area contributed by atoms with Gasteiger partial charge in [0.25, 0.3) is 0 Å². The average molecular weight is 325 g/mol. The van der Waals surface area contributed by atoms with E-state index in [1.807, 2.05) is 53.4 Å². The predicted molar refractivity (Wildman–Crippen MR) is 93.4 cm³/mol. The molecule has 2 aromatic rings. The maximum atomic E-state index is 12.8. The standard InChI is InChI=1S/C20H23NO3/c1-15-17-8-4-6-10-19(17)24-14-13-21(15)20(22)12-11-16-7-3-5-9-18(16)23-2/h3-10,15H,11-14H2,1-2H3. The zero-order chi connectivity index (χ0) is 16.9. The molecule has 1 amide bonds. The number of ether oxygens (including phenoxy) is 2. The number of rotatable bonds is 4. The van der Waals surface area contributed by atoms with Gasteiger partial charge in [-0.25, -0.2) is 0 Å². The quantitative estimate of drug-likeness (QED) is 0.862. The first-order valence-electron chi connectivity index (χ1n) is 8.34. The van der Waals surface area contributed by atoms with Crippen molar-refractivity contribution < 1.29 is 14.3 Å². The molecule has 1 aliphatic heterocycles. The van der Waals surface area contributed by atoms with Gasteiger partial charge in [0.1, 0.15) is 18.1 Å². The van der Waals surface area contributed by atoms with Crippen LogP contribution in [-0.2, 0) is 11.2 Å². The second kappa shape index (κ2) is 7.39. The van der Waals surface area contributed by atoms with E-state index in [2.05, 4.69) is 6.92 Å². The number of benzene rings is 2. The van der Waals surface area contributed by atoms with Crippen LogP contribution in [0, 0.1) is 0 Å². The first-order chi connectivity index (χ1) is 11.7. The Balaban J connectivity index is 1.71. The van der Waals surface area contributed by atoms with Crippen molar-refractivity contribution in [2.45, 2.75) is 25.8 Å². The Hall–Kier alpha value is -2.49. The second-order valence-corrected chi connectivity index (χ2v) is 5.96. The Morgan fingerprint density at radius 3 is 2.79 bits per heavy atom. The largest absolute Gasteiger partial charge is 0.496 e. The third kappa shape index (κ3) is 3.37. The molecule has 1 aliphatic rings. The van der Waals surface area contributed by atoms with E-state index in [1.54, 1.807) is 7.11 Å². The summed E-state index contributed by atoms with van der Waals surface area (Å²) in [6, 6.07) is 15.8. The minimum absolute atomic E-state index is 0.0221. The van der Waals surface area contributed by atoms with Crippen molar-refractivity contribution in [3.63, 3.8) is 0 Å². The molecule has 0 fully saturated rings. The smallest absolute Gasteiger partial charge is 0.223 e. The predicted octanol–water partition coefficient (Wildman–Crippen LogP) is 3.61. The van der Waals surface area contributed by atoms with E-state index in [1.165, 1.54) is 0 Å². The molecule has 0 radical (unpaired) electrons. The fourth-order valence-electron chi connectivity index (χ4n) is 3.21. The van der Waals surface area contributed by atoms with Crippen LogP contribution in [0.1, 0.15) is 30.5 Å². The van der Waals surface area contributed by atoms with E-state index >= 15 is 0 Å². The van der Waals surface area contributed by atoms with Crippen LogP contribution >= 0.6 is 0 Å². The summed E-state index contributed by atoms with van der Waals surface area (Å²) in [5.41, 5.74) is 2.13. The topological polar surface area (TPSA) is 38.8 Å². The number of nitrogens with zero attached hydrogens (tertiary/aromatic N) is 1. The number of aryl methyl sites for hydroxylation is 1. The third-order valence-electron chi connectivity index (χ3n) is 4.55. The summed E-state index contributed by atoms with van der Waals surface area (Å²) >= 11 is 0. The Labute approximate surface area is 143 Å². The molecular weight excluding hydrogens is 302 g/mol. The lowest BCUT2D eigenvalue weighted by atomic mass is 10.0. The normalized spacial score (nSPS) is 16.8. The van der Waals surface area contributed by atoms with E-state index in [9.17, 15) is 4.79 Å². The van der Waals surface area contributed by atoms with E-state index in [0.29, 0.717) is 26.0 Å². The number of methoxy groups -OCH3 is 1. The Morgan fingerprint density at radius 2 is 1.96 bits per heavy atom. The molecule has 1 heterocycles. The van der Waals surface area contributed by atoms with Gasteiger partial charge in [-0.2, -0.15) is 0 Å². The number of hydrogen-bond acceptors (Lipinski definition) is 3. The van der Waals surface area contributed by atoms with Gasteiger partial charge in [0, 0.05) is 12.0 Å². The molecule has 0 spiro atoms. The minimum atomic E-state index is 0.0221. The van der Waals surface area contributed by atoms with Gasteiger partial charge in [0.15, 0.2) is 0 Å². The van der Waals surface area contributed by atoms with Crippen molar-refractivity contribution in [2.24, 2.45) is 0 Å². The van der Waals surface area contributed by atoms with Crippen molar-refractivity contribution in [1.82, 2.24) is 4.90 Å². The van der Waals surface area contributed by atoms with Gasteiger partial charge >= 0.3 is 0 Å². The molecule has 2 aromatic carbocycles. The number of para-hydroxylation sites is 2. The van der Waals surface area contributed by atoms with Gasteiger partial charge < -0.3 is 14.4 Å². The molecular formula is C20H23NO3. The summed E-state index contributed by atoms with van der Waals surface area (Å²) in [5.74, 6) is 1.86. The molecule has 0 aliphatic carbocycles. The maximum Gasteiger partial charge on any atom is 0.223 e. The highest BCUT2D eigenvalue weighted by Gasteiger charge is 2.26. The lowest BCUT2D eigenvalue weighted by molar-refractivity contribution is -0.133. The molecule has 1 atom stereocenters. The molecule has 0 saturated heterocycles. The molecule has 1 unspecified atom stereocenters. The monoisotopic (exact) mass is 325 g/mol. The van der Waals surface area contributed by atoms with Crippen molar-refractivity contribution in [2.75, 3.05) is 20.3 Å². The molecule has 4 heteroatoms. The Morgan fingerprint density at radius 1 is 1.21 bits per heavy atom. The van der Waals surface area contributed by atoms with Crippen LogP contribution in [0.25, 0.3) is 0 Å². The van der Waals surface area contributed by atoms with Crippen LogP contribution in [-0.4, -0.2) is 31.1 Å². The number of carbonyl (C=O) groups excluding carboxylic acids is 1. The van der Waals surface area contributed by atoms with Gasteiger partial charge in [0.2, 0.25) is 5.91 Å². The molecule has 24 heavy (non-hydrogen) atoms. The van der Waals surface area contributed by atoms with Crippen molar-refractivity contribution in [1.29, 1.82) is 0 Å². The number of fused-ring (bicyclic) bond motifs is 1. The molecule has 0 bridgehead atoms. The molecule has 0 aromatic heterocycles. The van der Waals surface area contributed by atoms with E-state index in [4.69, 9.17) is 9.47 Å². The van der Waals surface area contributed by atoms with E-state index in [-0.39, 0.29) is 11.9 Å². The maximum absolute atomic E-state index is 12.8. The van der Waals surface area contributed by atoms with Gasteiger partial charge in [-0.1, -0.05) is 36.4 Å². The molecule has 4 nitrogen and oxygen atoms in total. The molecule has 0 N–H and O–H groups in total. The molecule has 126 valence electrons. The lowest BCUT2D eigenvalue weighted by Gasteiger charge is -2.27. The van der Waals surface area contributed by atoms with E-state index in [0.717, 1.165) is 22.6 Å². The van der Waals surface area contributed by atoms with Crippen molar-refractivity contribution >= 4 is 5.91 Å². The van der Waals surface area contributed by atoms with Crippen molar-refractivity contribution in [3.8, 4) is 11.5 Å². The van der Waals surface area contributed by atoms with Gasteiger partial charge in [-0.05, 0) is 31.0 Å². The lowest BCUT2D eigenvalue weighted by Crippen LogP contribution is -2.35. The summed E-state index contributed by atoms with van der Waals surface area (Å²) in [7, 11) is 1.66.